The maximum atomic E-state index is 12.9. The molecule has 0 saturated heterocycles. The molecule has 15 heavy (non-hydrogen) atoms. The zero-order valence-corrected chi connectivity index (χ0v) is 9.61. The molecule has 0 amide bonds. The normalized spacial score (nSPS) is 11.7. The van der Waals surface area contributed by atoms with Gasteiger partial charge in [-0.2, -0.15) is 4.37 Å². The van der Waals surface area contributed by atoms with Crippen LogP contribution in [0.4, 0.5) is 10.1 Å². The first-order chi connectivity index (χ1) is 7.29. The molecule has 1 heterocycles. The molecule has 0 spiro atoms. The molecule has 1 radical (unpaired) electrons. The molecule has 0 aliphatic carbocycles. The van der Waals surface area contributed by atoms with Crippen molar-refractivity contribution in [3.63, 3.8) is 0 Å². The number of rotatable bonds is 2. The number of hydrogen-bond donors (Lipinski definition) is 0. The summed E-state index contributed by atoms with van der Waals surface area (Å²) in [5.74, 6) is -0.242. The molecule has 0 fully saturated rings. The van der Waals surface area contributed by atoms with Crippen LogP contribution >= 0.6 is 20.9 Å². The van der Waals surface area contributed by atoms with Gasteiger partial charge < -0.3 is 0 Å². The molecule has 0 bridgehead atoms. The zero-order valence-electron chi connectivity index (χ0n) is 7.98. The van der Waals surface area contributed by atoms with Crippen LogP contribution in [0.25, 0.3) is 0 Å². The fourth-order valence-electron chi connectivity index (χ4n) is 1.17. The third-order valence-electron chi connectivity index (χ3n) is 1.86. The molecule has 0 unspecified atom stereocenters. The first-order valence-corrected chi connectivity index (χ1v) is 6.45. The van der Waals surface area contributed by atoms with Gasteiger partial charge in [0.2, 0.25) is 0 Å². The fraction of sp³-hybridized carbons (Fsp3) is 0.111. The molecule has 0 atom stereocenters. The first kappa shape index (κ1) is 10.5. The quantitative estimate of drug-likeness (QED) is 0.579. The Labute approximate surface area is 94.9 Å². The Bertz CT molecular complexity index is 504. The largest absolute Gasteiger partial charge is 0.236 e. The van der Waals surface area contributed by atoms with Crippen LogP contribution in [0.3, 0.4) is 0 Å². The van der Waals surface area contributed by atoms with Gasteiger partial charge in [0.1, 0.15) is 10.5 Å². The van der Waals surface area contributed by atoms with Gasteiger partial charge in [0, 0.05) is 10.5 Å². The van der Waals surface area contributed by atoms with Crippen molar-refractivity contribution < 1.29 is 4.39 Å². The molecule has 0 saturated carbocycles. The highest BCUT2D eigenvalue weighted by atomic mass is 32.9. The van der Waals surface area contributed by atoms with Gasteiger partial charge in [0.15, 0.2) is 7.28 Å². The van der Waals surface area contributed by atoms with E-state index in [9.17, 15) is 4.39 Å². The van der Waals surface area contributed by atoms with E-state index in [1.165, 1.54) is 33.0 Å². The van der Waals surface area contributed by atoms with Crippen LogP contribution in [0.1, 0.15) is 0 Å². The van der Waals surface area contributed by atoms with E-state index in [0.717, 1.165) is 15.8 Å². The van der Waals surface area contributed by atoms with Crippen LogP contribution in [0.15, 0.2) is 29.4 Å². The highest BCUT2D eigenvalue weighted by molar-refractivity contribution is 7.65. The van der Waals surface area contributed by atoms with Gasteiger partial charge in [-0.25, -0.2) is 9.38 Å². The minimum atomic E-state index is -0.242. The van der Waals surface area contributed by atoms with Gasteiger partial charge in [0.05, 0.1) is 11.9 Å². The van der Waals surface area contributed by atoms with Crippen LogP contribution in [0.5, 0.6) is 0 Å². The number of nitrogens with zero attached hydrogens (tertiary/aromatic N) is 2. The lowest BCUT2D eigenvalue weighted by atomic mass is 9.72. The maximum absolute atomic E-state index is 12.9. The van der Waals surface area contributed by atoms with Crippen molar-refractivity contribution in [3.8, 4) is 0 Å². The summed E-state index contributed by atoms with van der Waals surface area (Å²) in [5.41, 5.74) is 1.57. The van der Waals surface area contributed by atoms with E-state index in [2.05, 4.69) is 9.37 Å². The Morgan fingerprint density at radius 1 is 1.47 bits per heavy atom. The van der Waals surface area contributed by atoms with Gasteiger partial charge in [-0.05, 0) is 28.5 Å². The highest BCUT2D eigenvalue weighted by Gasteiger charge is 2.01. The monoisotopic (exact) mass is 237 g/mol. The summed E-state index contributed by atoms with van der Waals surface area (Å²) in [7, 11) is 4.73. The number of benzene rings is 1. The molecule has 0 aliphatic heterocycles. The fourth-order valence-corrected chi connectivity index (χ4v) is 2.46. The van der Waals surface area contributed by atoms with Crippen LogP contribution in [-0.4, -0.2) is 11.7 Å². The van der Waals surface area contributed by atoms with Crippen molar-refractivity contribution in [2.24, 2.45) is 4.99 Å². The van der Waals surface area contributed by atoms with Crippen molar-refractivity contribution in [2.75, 3.05) is 0 Å². The van der Waals surface area contributed by atoms with E-state index >= 15 is 0 Å². The van der Waals surface area contributed by atoms with E-state index < -0.39 is 0 Å². The van der Waals surface area contributed by atoms with Crippen molar-refractivity contribution in [2.45, 2.75) is 6.82 Å². The van der Waals surface area contributed by atoms with Crippen molar-refractivity contribution in [3.05, 3.63) is 34.9 Å². The van der Waals surface area contributed by atoms with Crippen LogP contribution < -0.4 is 10.1 Å². The molecule has 0 N–H and O–H groups in total. The Morgan fingerprint density at radius 3 is 3.00 bits per heavy atom. The van der Waals surface area contributed by atoms with Gasteiger partial charge in [-0.1, -0.05) is 12.3 Å². The average molecular weight is 237 g/mol. The van der Waals surface area contributed by atoms with Gasteiger partial charge in [0.25, 0.3) is 0 Å². The Balaban J connectivity index is 2.49. The zero-order chi connectivity index (χ0) is 10.7. The van der Waals surface area contributed by atoms with Crippen LogP contribution in [0, 0.1) is 5.82 Å². The van der Waals surface area contributed by atoms with Crippen molar-refractivity contribution >= 4 is 39.3 Å². The summed E-state index contributed by atoms with van der Waals surface area (Å²) in [6, 6.07) is 4.56. The molecule has 2 aromatic rings. The van der Waals surface area contributed by atoms with E-state index in [0.29, 0.717) is 0 Å². The lowest BCUT2D eigenvalue weighted by Gasteiger charge is -2.00. The Hall–Kier alpha value is -1.01. The second-order valence-electron chi connectivity index (χ2n) is 2.83. The smallest absolute Gasteiger partial charge is 0.151 e. The summed E-state index contributed by atoms with van der Waals surface area (Å²) in [6.07, 6.45) is 1.71. The predicted molar refractivity (Wildman–Crippen MR) is 62.9 cm³/mol. The molecule has 2 rings (SSSR count). The molecule has 75 valence electrons. The lowest BCUT2D eigenvalue weighted by molar-refractivity contribution is 0.629. The molecular formula is C9H7BFN2S2. The molecule has 2 nitrogen and oxygen atoms in total. The minimum Gasteiger partial charge on any atom is -0.236 e. The Kier molecular flexibility index (Phi) is 3.28. The second kappa shape index (κ2) is 4.68. The summed E-state index contributed by atoms with van der Waals surface area (Å²) < 4.78 is 17.8. The van der Waals surface area contributed by atoms with Crippen LogP contribution in [0.2, 0.25) is 6.82 Å². The lowest BCUT2D eigenvalue weighted by Crippen LogP contribution is -2.12. The molecule has 6 heteroatoms. The summed E-state index contributed by atoms with van der Waals surface area (Å²) in [4.78, 5) is 4.38. The average Bonchev–Trinajstić information content (AvgIpc) is 2.73. The maximum Gasteiger partial charge on any atom is 0.151 e. The van der Waals surface area contributed by atoms with Crippen molar-refractivity contribution in [1.82, 2.24) is 4.37 Å². The van der Waals surface area contributed by atoms with Crippen LogP contribution in [-0.2, 0) is 0 Å². The van der Waals surface area contributed by atoms with E-state index in [1.54, 1.807) is 12.3 Å². The van der Waals surface area contributed by atoms with Gasteiger partial charge >= 0.3 is 0 Å². The predicted octanol–water partition coefficient (Wildman–Crippen LogP) is 1.95. The number of aromatic nitrogens is 1. The van der Waals surface area contributed by atoms with Gasteiger partial charge in [-0.15, -0.1) is 0 Å². The summed E-state index contributed by atoms with van der Waals surface area (Å²) in [5, 5.41) is 0. The van der Waals surface area contributed by atoms with E-state index in [-0.39, 0.29) is 5.82 Å². The second-order valence-corrected chi connectivity index (χ2v) is 4.73. The first-order valence-electron chi connectivity index (χ1n) is 4.34. The highest BCUT2D eigenvalue weighted by Crippen LogP contribution is 2.09. The third kappa shape index (κ3) is 2.51. The molecule has 0 aliphatic rings. The number of halogens is 1. The van der Waals surface area contributed by atoms with Crippen molar-refractivity contribution in [1.29, 1.82) is 0 Å². The van der Waals surface area contributed by atoms with E-state index in [4.69, 9.17) is 0 Å². The molecule has 1 aromatic heterocycles. The molecule has 1 aromatic carbocycles. The topological polar surface area (TPSA) is 25.2 Å². The van der Waals surface area contributed by atoms with E-state index in [1.807, 2.05) is 14.1 Å². The SMILES string of the molecule is C[B]c1cc(F)ccc1N=c1cnss1. The molecular weight excluding hydrogens is 230 g/mol. The third-order valence-corrected chi connectivity index (χ3v) is 3.49. The minimum absolute atomic E-state index is 0.242. The summed E-state index contributed by atoms with van der Waals surface area (Å²) in [6.45, 7) is 1.86. The Morgan fingerprint density at radius 2 is 2.33 bits per heavy atom. The summed E-state index contributed by atoms with van der Waals surface area (Å²) >= 11 is 0. The number of hydrogen-bond acceptors (Lipinski definition) is 4. The van der Waals surface area contributed by atoms with Gasteiger partial charge in [-0.3, -0.25) is 0 Å². The standard InChI is InChI=1S/C9H7BFN2S2/c1-10-7-4-6(11)2-3-8(7)13-9-5-12-15-14-9/h2-5H,1H3.